The number of hydrogen-bond acceptors (Lipinski definition) is 2. The van der Waals surface area contributed by atoms with Gasteiger partial charge in [-0.2, -0.15) is 0 Å². The van der Waals surface area contributed by atoms with Crippen LogP contribution in [-0.2, 0) is 0 Å². The molecule has 6 rings (SSSR count). The van der Waals surface area contributed by atoms with E-state index in [9.17, 15) is 5.21 Å². The number of rotatable bonds is 1. The van der Waals surface area contributed by atoms with Gasteiger partial charge in [-0.05, 0) is 23.3 Å². The molecular formula is C20H9Cl12NO. The van der Waals surface area contributed by atoms with Crippen LogP contribution in [0.5, 0.6) is 0 Å². The minimum absolute atomic E-state index is 0.000495. The van der Waals surface area contributed by atoms with Gasteiger partial charge in [0.25, 0.3) is 0 Å². The van der Waals surface area contributed by atoms with E-state index in [-0.39, 0.29) is 20.1 Å². The standard InChI is InChI=1S/C20H9Cl12NO/c21-11-13(23)17(27)9-7(15(11,25)19(17,29)30)5-2-1-4(33-34)3-6(5)8-10(9)18(28)14(24)12(22)16(8,26)20(18,31)32/h1-3,7-10,33-34H/t7-,8-,9+,10-,15+,16+,17+,18+/m1/s1. The van der Waals surface area contributed by atoms with E-state index in [0.29, 0.717) is 16.8 Å². The van der Waals surface area contributed by atoms with Crippen molar-refractivity contribution in [3.05, 3.63) is 49.5 Å². The number of alkyl halides is 8. The van der Waals surface area contributed by atoms with Crippen molar-refractivity contribution in [2.75, 3.05) is 5.48 Å². The molecule has 2 saturated carbocycles. The first-order chi connectivity index (χ1) is 15.5. The largest absolute Gasteiger partial charge is 0.291 e. The van der Waals surface area contributed by atoms with Gasteiger partial charge < -0.3 is 0 Å². The normalized spacial score (nSPS) is 48.9. The zero-order valence-electron chi connectivity index (χ0n) is 16.0. The molecule has 5 aliphatic rings. The maximum absolute atomic E-state index is 9.61. The van der Waals surface area contributed by atoms with Crippen LogP contribution in [-0.4, -0.2) is 33.4 Å². The van der Waals surface area contributed by atoms with Crippen molar-refractivity contribution in [2.24, 2.45) is 11.8 Å². The van der Waals surface area contributed by atoms with Crippen molar-refractivity contribution in [2.45, 2.75) is 40.0 Å². The molecule has 0 heterocycles. The summed E-state index contributed by atoms with van der Waals surface area (Å²) < 4.78 is -3.76. The van der Waals surface area contributed by atoms with Gasteiger partial charge in [-0.1, -0.05) is 98.9 Å². The molecule has 5 aliphatic carbocycles. The van der Waals surface area contributed by atoms with Crippen molar-refractivity contribution in [1.29, 1.82) is 0 Å². The van der Waals surface area contributed by atoms with Gasteiger partial charge in [-0.25, -0.2) is 0 Å². The molecule has 34 heavy (non-hydrogen) atoms. The van der Waals surface area contributed by atoms with Crippen LogP contribution in [0.4, 0.5) is 5.69 Å². The first-order valence-corrected chi connectivity index (χ1v) is 14.2. The molecule has 2 N–H and O–H groups in total. The number of hydrogen-bond donors (Lipinski definition) is 2. The molecule has 2 nitrogen and oxygen atoms in total. The highest BCUT2D eigenvalue weighted by atomic mass is 35.5. The molecule has 0 spiro atoms. The fraction of sp³-hybridized carbons (Fsp3) is 0.500. The highest BCUT2D eigenvalue weighted by molar-refractivity contribution is 6.67. The van der Waals surface area contributed by atoms with Crippen LogP contribution in [0.25, 0.3) is 0 Å². The fourth-order valence-corrected chi connectivity index (χ4v) is 13.0. The second-order valence-corrected chi connectivity index (χ2v) is 15.8. The van der Waals surface area contributed by atoms with Gasteiger partial charge in [-0.15, -0.1) is 46.4 Å². The van der Waals surface area contributed by atoms with Gasteiger partial charge in [0, 0.05) is 23.7 Å². The number of allylic oxidation sites excluding steroid dienone is 4. The first kappa shape index (κ1) is 26.2. The monoisotopic (exact) mass is 699 g/mol. The van der Waals surface area contributed by atoms with E-state index < -0.39 is 51.8 Å². The summed E-state index contributed by atoms with van der Waals surface area (Å²) in [6.07, 6.45) is 0. The quantitative estimate of drug-likeness (QED) is 0.226. The lowest BCUT2D eigenvalue weighted by Crippen LogP contribution is -2.53. The van der Waals surface area contributed by atoms with Gasteiger partial charge in [0.1, 0.15) is 19.5 Å². The summed E-state index contributed by atoms with van der Waals surface area (Å²) in [5, 5.41) is 9.65. The average molecular weight is 705 g/mol. The van der Waals surface area contributed by atoms with Gasteiger partial charge in [0.05, 0.1) is 25.8 Å². The first-order valence-electron chi connectivity index (χ1n) is 9.71. The van der Waals surface area contributed by atoms with Crippen LogP contribution in [0.3, 0.4) is 0 Å². The fourth-order valence-electron chi connectivity index (χ4n) is 6.97. The molecule has 184 valence electrons. The number of halogens is 12. The Kier molecular flexibility index (Phi) is 5.52. The summed E-state index contributed by atoms with van der Waals surface area (Å²) in [6.45, 7) is 0. The predicted octanol–water partition coefficient (Wildman–Crippen LogP) is 9.59. The predicted molar refractivity (Wildman–Crippen MR) is 145 cm³/mol. The Labute approximate surface area is 254 Å². The summed E-state index contributed by atoms with van der Waals surface area (Å²) >= 11 is 83.4. The van der Waals surface area contributed by atoms with Crippen LogP contribution >= 0.6 is 139 Å². The third kappa shape index (κ3) is 2.22. The molecule has 0 unspecified atom stereocenters. The Bertz CT molecular complexity index is 1260. The van der Waals surface area contributed by atoms with Crippen molar-refractivity contribution in [3.8, 4) is 0 Å². The van der Waals surface area contributed by atoms with Gasteiger partial charge in [0.2, 0.25) is 0 Å². The van der Waals surface area contributed by atoms with Crippen molar-refractivity contribution < 1.29 is 5.21 Å². The zero-order valence-corrected chi connectivity index (χ0v) is 25.1. The third-order valence-corrected chi connectivity index (χ3v) is 16.8. The van der Waals surface area contributed by atoms with E-state index in [4.69, 9.17) is 139 Å². The van der Waals surface area contributed by atoms with E-state index in [1.807, 2.05) is 0 Å². The van der Waals surface area contributed by atoms with Crippen LogP contribution in [0.2, 0.25) is 0 Å². The van der Waals surface area contributed by atoms with Crippen LogP contribution < -0.4 is 5.48 Å². The maximum Gasteiger partial charge on any atom is 0.167 e. The molecule has 8 atom stereocenters. The van der Waals surface area contributed by atoms with Crippen LogP contribution in [0.15, 0.2) is 38.3 Å². The number of anilines is 1. The minimum Gasteiger partial charge on any atom is -0.291 e. The number of fused-ring (bicyclic) bond motifs is 14. The second kappa shape index (κ2) is 7.17. The molecule has 14 heteroatoms. The van der Waals surface area contributed by atoms with Gasteiger partial charge >= 0.3 is 0 Å². The average Bonchev–Trinajstić information content (AvgIpc) is 3.13. The molecule has 1 aromatic rings. The van der Waals surface area contributed by atoms with Gasteiger partial charge in [0.15, 0.2) is 8.67 Å². The molecule has 0 amide bonds. The summed E-state index contributed by atoms with van der Waals surface area (Å²) in [4.78, 5) is -6.70. The molecule has 0 aromatic heterocycles. The Morgan fingerprint density at radius 2 is 0.971 bits per heavy atom. The topological polar surface area (TPSA) is 32.3 Å². The molecule has 4 bridgehead atoms. The van der Waals surface area contributed by atoms with E-state index in [0.717, 1.165) is 0 Å². The minimum atomic E-state index is -1.89. The zero-order chi connectivity index (χ0) is 25.2. The van der Waals surface area contributed by atoms with E-state index in [1.165, 1.54) is 0 Å². The molecule has 0 saturated heterocycles. The summed E-state index contributed by atoms with van der Waals surface area (Å²) in [5.74, 6) is -3.01. The van der Waals surface area contributed by atoms with Gasteiger partial charge in [-0.3, -0.25) is 10.7 Å². The Morgan fingerprint density at radius 3 is 1.38 bits per heavy atom. The lowest BCUT2D eigenvalue weighted by Gasteiger charge is -2.52. The lowest BCUT2D eigenvalue weighted by molar-refractivity contribution is 0.201. The molecule has 1 aromatic carbocycles. The van der Waals surface area contributed by atoms with Crippen molar-refractivity contribution in [1.82, 2.24) is 0 Å². The molecule has 0 radical (unpaired) electrons. The highest BCUT2D eigenvalue weighted by Gasteiger charge is 2.91. The molecule has 0 aliphatic heterocycles. The highest BCUT2D eigenvalue weighted by Crippen LogP contribution is 2.88. The van der Waals surface area contributed by atoms with Crippen LogP contribution in [0, 0.1) is 11.8 Å². The number of benzene rings is 1. The van der Waals surface area contributed by atoms with Crippen molar-refractivity contribution in [3.63, 3.8) is 0 Å². The molecule has 2 fully saturated rings. The SMILES string of the molecule is ONc1ccc2c(c1)[C@@H]1[C@H]([C@@H]3[C@@H]2[C@]2(Cl)C(Cl)=C(Cl)[C@]3(Cl)C2(Cl)Cl)[C@]2(Cl)C(Cl)=C(Cl)[C@]1(Cl)C2(Cl)Cl. The Hall–Kier alpha value is 1.94. The summed E-state index contributed by atoms with van der Waals surface area (Å²) in [5.41, 5.74) is 3.75. The number of nitrogens with one attached hydrogen (secondary N) is 1. The third-order valence-electron chi connectivity index (χ3n) is 8.26. The Balaban J connectivity index is 1.78. The van der Waals surface area contributed by atoms with Crippen LogP contribution in [0.1, 0.15) is 23.0 Å². The van der Waals surface area contributed by atoms with Crippen molar-refractivity contribution >= 4 is 145 Å². The molecular weight excluding hydrogens is 696 g/mol. The van der Waals surface area contributed by atoms with E-state index in [1.54, 1.807) is 18.2 Å². The lowest BCUT2D eigenvalue weighted by atomic mass is 9.57. The Morgan fingerprint density at radius 1 is 0.588 bits per heavy atom. The maximum atomic E-state index is 9.61. The second-order valence-electron chi connectivity index (χ2n) is 9.21. The smallest absolute Gasteiger partial charge is 0.167 e. The van der Waals surface area contributed by atoms with E-state index >= 15 is 0 Å². The summed E-state index contributed by atoms with van der Waals surface area (Å²) in [7, 11) is 0. The van der Waals surface area contributed by atoms with E-state index in [2.05, 4.69) is 5.48 Å². The summed E-state index contributed by atoms with van der Waals surface area (Å²) in [6, 6.07) is 5.05.